The number of anilines is 1. The number of hydrogen-bond donors (Lipinski definition) is 2. The highest BCUT2D eigenvalue weighted by atomic mass is 35.5. The monoisotopic (exact) mass is 587 g/mol. The van der Waals surface area contributed by atoms with E-state index in [4.69, 9.17) is 28.6 Å². The van der Waals surface area contributed by atoms with Crippen LogP contribution < -0.4 is 15.4 Å². The maximum atomic E-state index is 13.1. The van der Waals surface area contributed by atoms with Gasteiger partial charge in [-0.1, -0.05) is 29.8 Å². The molecule has 1 saturated heterocycles. The van der Waals surface area contributed by atoms with Gasteiger partial charge in [0.15, 0.2) is 5.11 Å². The Bertz CT molecular complexity index is 1600. The third kappa shape index (κ3) is 5.80. The van der Waals surface area contributed by atoms with Gasteiger partial charge < -0.3 is 24.8 Å². The van der Waals surface area contributed by atoms with Crippen LogP contribution in [0.3, 0.4) is 0 Å². The van der Waals surface area contributed by atoms with Crippen LogP contribution in [0.15, 0.2) is 66.9 Å². The second-order valence-electron chi connectivity index (χ2n) is 10.4. The molecule has 2 aromatic heterocycles. The molecule has 0 unspecified atom stereocenters. The molecule has 0 saturated carbocycles. The van der Waals surface area contributed by atoms with E-state index in [1.54, 1.807) is 13.3 Å². The average molecular weight is 588 g/mol. The zero-order valence-electron chi connectivity index (χ0n) is 23.9. The van der Waals surface area contributed by atoms with Crippen LogP contribution in [0.5, 0.6) is 5.75 Å². The number of methoxy groups -OCH3 is 1. The molecule has 2 N–H and O–H groups in total. The van der Waals surface area contributed by atoms with Crippen LogP contribution in [0.25, 0.3) is 5.69 Å². The van der Waals surface area contributed by atoms with Gasteiger partial charge in [-0.15, -0.1) is 0 Å². The molecule has 1 fully saturated rings. The third-order valence-corrected chi connectivity index (χ3v) is 8.20. The highest BCUT2D eigenvalue weighted by molar-refractivity contribution is 7.80. The number of amides is 1. The van der Waals surface area contributed by atoms with E-state index in [9.17, 15) is 4.79 Å². The van der Waals surface area contributed by atoms with Crippen LogP contribution in [-0.4, -0.2) is 39.1 Å². The van der Waals surface area contributed by atoms with Crippen LogP contribution >= 0.6 is 23.8 Å². The summed E-state index contributed by atoms with van der Waals surface area (Å²) in [7, 11) is 1.66. The van der Waals surface area contributed by atoms with Crippen molar-refractivity contribution in [2.75, 3.05) is 19.0 Å². The molecule has 2 aromatic carbocycles. The van der Waals surface area contributed by atoms with Gasteiger partial charge in [0.2, 0.25) is 5.91 Å². The Balaban J connectivity index is 1.50. The SMILES string of the molecule is COc1ccc(Cl)cc1-n1c(C)cc([C@@H]2[C@@H](c3ccccn3)NC(=S)N2CCC(=O)Nc2cc(C)ccc2C)c1C. The van der Waals surface area contributed by atoms with E-state index in [2.05, 4.69) is 45.0 Å². The first-order chi connectivity index (χ1) is 19.7. The summed E-state index contributed by atoms with van der Waals surface area (Å²) in [6, 6.07) is 19.3. The van der Waals surface area contributed by atoms with Crippen molar-refractivity contribution in [1.82, 2.24) is 19.8 Å². The zero-order chi connectivity index (χ0) is 29.3. The molecule has 4 aromatic rings. The largest absolute Gasteiger partial charge is 0.495 e. The molecule has 7 nitrogen and oxygen atoms in total. The van der Waals surface area contributed by atoms with E-state index >= 15 is 0 Å². The quantitative estimate of drug-likeness (QED) is 0.222. The number of thiocarbonyl (C=S) groups is 1. The Hall–Kier alpha value is -3.88. The number of benzene rings is 2. The molecule has 9 heteroatoms. The van der Waals surface area contributed by atoms with Crippen LogP contribution in [0, 0.1) is 27.7 Å². The molecule has 1 amide bonds. The molecule has 0 radical (unpaired) electrons. The molecule has 1 aliphatic heterocycles. The normalized spacial score (nSPS) is 16.5. The first kappa shape index (κ1) is 28.6. The molecule has 3 heterocycles. The van der Waals surface area contributed by atoms with Crippen LogP contribution in [-0.2, 0) is 4.79 Å². The lowest BCUT2D eigenvalue weighted by atomic mass is 9.96. The lowest BCUT2D eigenvalue weighted by Gasteiger charge is -2.28. The van der Waals surface area contributed by atoms with Crippen LogP contribution in [0.4, 0.5) is 5.69 Å². The molecule has 0 bridgehead atoms. The van der Waals surface area contributed by atoms with Gasteiger partial charge in [-0.05, 0) is 99.1 Å². The molecular formula is C32H34ClN5O2S. The van der Waals surface area contributed by atoms with Crippen LogP contribution in [0.1, 0.15) is 52.3 Å². The van der Waals surface area contributed by atoms with Crippen molar-refractivity contribution in [3.8, 4) is 11.4 Å². The molecule has 1 aliphatic rings. The standard InChI is InChI=1S/C32H34ClN5O2S/c1-19-9-10-20(2)26(16-19)35-29(39)13-15-37-31(30(36-32(37)41)25-8-6-7-14-34-25)24-17-21(3)38(22(24)4)27-18-23(33)11-12-28(27)40-5/h6-12,14,16-18,30-31H,13,15H2,1-5H3,(H,35,39)(H,36,41)/t30-,31-/m1/s1. The van der Waals surface area contributed by atoms with Crippen molar-refractivity contribution in [1.29, 1.82) is 0 Å². The van der Waals surface area contributed by atoms with Crippen molar-refractivity contribution in [3.63, 3.8) is 0 Å². The number of halogens is 1. The molecule has 0 aliphatic carbocycles. The summed E-state index contributed by atoms with van der Waals surface area (Å²) in [6.07, 6.45) is 2.07. The van der Waals surface area contributed by atoms with Crippen molar-refractivity contribution >= 4 is 40.5 Å². The van der Waals surface area contributed by atoms with Crippen LogP contribution in [0.2, 0.25) is 5.02 Å². The number of rotatable bonds is 8. The van der Waals surface area contributed by atoms with Gasteiger partial charge in [0, 0.05) is 41.3 Å². The van der Waals surface area contributed by atoms with Crippen molar-refractivity contribution < 1.29 is 9.53 Å². The van der Waals surface area contributed by atoms with Gasteiger partial charge in [-0.25, -0.2) is 0 Å². The fourth-order valence-corrected chi connectivity index (χ4v) is 6.08. The first-order valence-corrected chi connectivity index (χ1v) is 14.3. The minimum atomic E-state index is -0.194. The summed E-state index contributed by atoms with van der Waals surface area (Å²) in [4.78, 5) is 19.9. The lowest BCUT2D eigenvalue weighted by Crippen LogP contribution is -2.33. The predicted molar refractivity (Wildman–Crippen MR) is 168 cm³/mol. The number of nitrogens with zero attached hydrogens (tertiary/aromatic N) is 3. The lowest BCUT2D eigenvalue weighted by molar-refractivity contribution is -0.116. The van der Waals surface area contributed by atoms with E-state index in [-0.39, 0.29) is 24.4 Å². The van der Waals surface area contributed by atoms with Crippen molar-refractivity contribution in [3.05, 3.63) is 106 Å². The number of pyridine rings is 1. The van der Waals surface area contributed by atoms with E-state index in [0.717, 1.165) is 50.9 Å². The minimum absolute atomic E-state index is 0.0596. The molecule has 5 rings (SSSR count). The molecule has 41 heavy (non-hydrogen) atoms. The summed E-state index contributed by atoms with van der Waals surface area (Å²) in [5.74, 6) is 0.666. The second kappa shape index (κ2) is 11.9. The molecular weight excluding hydrogens is 554 g/mol. The Labute approximate surface area is 251 Å². The fourth-order valence-electron chi connectivity index (χ4n) is 5.59. The summed E-state index contributed by atoms with van der Waals surface area (Å²) >= 11 is 12.3. The minimum Gasteiger partial charge on any atom is -0.495 e. The Kier molecular flexibility index (Phi) is 8.33. The first-order valence-electron chi connectivity index (χ1n) is 13.6. The van der Waals surface area contributed by atoms with E-state index in [1.807, 2.05) is 68.4 Å². The highest BCUT2D eigenvalue weighted by Gasteiger charge is 2.41. The second-order valence-corrected chi connectivity index (χ2v) is 11.2. The summed E-state index contributed by atoms with van der Waals surface area (Å²) in [5.41, 5.74) is 7.85. The average Bonchev–Trinajstić information content (AvgIpc) is 3.44. The Morgan fingerprint density at radius 1 is 1.10 bits per heavy atom. The summed E-state index contributed by atoms with van der Waals surface area (Å²) in [6.45, 7) is 8.61. The number of hydrogen-bond acceptors (Lipinski definition) is 4. The Morgan fingerprint density at radius 3 is 2.63 bits per heavy atom. The van der Waals surface area contributed by atoms with E-state index in [1.165, 1.54) is 0 Å². The maximum absolute atomic E-state index is 13.1. The van der Waals surface area contributed by atoms with Gasteiger partial charge in [0.1, 0.15) is 5.75 Å². The number of carbonyl (C=O) groups is 1. The van der Waals surface area contributed by atoms with Crippen molar-refractivity contribution in [2.45, 2.75) is 46.2 Å². The fraction of sp³-hybridized carbons (Fsp3) is 0.281. The van der Waals surface area contributed by atoms with E-state index < -0.39 is 0 Å². The predicted octanol–water partition coefficient (Wildman–Crippen LogP) is 6.77. The summed E-state index contributed by atoms with van der Waals surface area (Å²) in [5, 5.41) is 7.79. The number of aryl methyl sites for hydroxylation is 3. The topological polar surface area (TPSA) is 71.4 Å². The number of nitrogens with one attached hydrogen (secondary N) is 2. The van der Waals surface area contributed by atoms with E-state index in [0.29, 0.717) is 16.7 Å². The van der Waals surface area contributed by atoms with Gasteiger partial charge in [-0.3, -0.25) is 9.78 Å². The molecule has 212 valence electrons. The van der Waals surface area contributed by atoms with Gasteiger partial charge in [0.05, 0.1) is 30.6 Å². The molecule has 2 atom stereocenters. The van der Waals surface area contributed by atoms with Crippen molar-refractivity contribution in [2.24, 2.45) is 0 Å². The Morgan fingerprint density at radius 2 is 1.90 bits per heavy atom. The number of carbonyl (C=O) groups excluding carboxylic acids is 1. The molecule has 0 spiro atoms. The maximum Gasteiger partial charge on any atom is 0.226 e. The number of ether oxygens (including phenoxy) is 1. The smallest absolute Gasteiger partial charge is 0.226 e. The summed E-state index contributed by atoms with van der Waals surface area (Å²) < 4.78 is 7.84. The van der Waals surface area contributed by atoms with Gasteiger partial charge in [-0.2, -0.15) is 0 Å². The third-order valence-electron chi connectivity index (χ3n) is 7.62. The number of aromatic nitrogens is 2. The van der Waals surface area contributed by atoms with Gasteiger partial charge in [0.25, 0.3) is 0 Å². The van der Waals surface area contributed by atoms with Gasteiger partial charge >= 0.3 is 0 Å². The zero-order valence-corrected chi connectivity index (χ0v) is 25.4. The highest BCUT2D eigenvalue weighted by Crippen LogP contribution is 2.42.